The van der Waals surface area contributed by atoms with E-state index in [4.69, 9.17) is 27.7 Å². The molecule has 4 rings (SSSR count). The topological polar surface area (TPSA) is 62.5 Å². The van der Waals surface area contributed by atoms with Crippen LogP contribution in [0.2, 0.25) is 10.0 Å². The summed E-state index contributed by atoms with van der Waals surface area (Å²) in [4.78, 5) is 22.1. The standard InChI is InChI=1S/C18H16Cl2N4O2S/c19-12-3-4-13(14(20)10-12)18(25)24-7-5-23(6-8-24)11-16-21-17(22-26-16)15-2-1-9-27-15/h1-4,9-10H,5-8,11H2. The SMILES string of the molecule is O=C(c1ccc(Cl)cc1Cl)N1CCN(Cc2nc(-c3cccs3)no2)CC1. The van der Waals surface area contributed by atoms with Crippen LogP contribution in [0.5, 0.6) is 0 Å². The number of hydrogen-bond acceptors (Lipinski definition) is 6. The van der Waals surface area contributed by atoms with Crippen LogP contribution in [-0.2, 0) is 6.54 Å². The van der Waals surface area contributed by atoms with Gasteiger partial charge in [-0.25, -0.2) is 0 Å². The third kappa shape index (κ3) is 4.16. The van der Waals surface area contributed by atoms with E-state index < -0.39 is 0 Å². The Morgan fingerprint density at radius 3 is 2.70 bits per heavy atom. The number of halogens is 2. The summed E-state index contributed by atoms with van der Waals surface area (Å²) < 4.78 is 5.36. The van der Waals surface area contributed by atoms with Crippen molar-refractivity contribution in [1.82, 2.24) is 19.9 Å². The summed E-state index contributed by atoms with van der Waals surface area (Å²) in [5.74, 6) is 1.12. The van der Waals surface area contributed by atoms with Crippen LogP contribution in [0.1, 0.15) is 16.2 Å². The first-order valence-electron chi connectivity index (χ1n) is 8.43. The summed E-state index contributed by atoms with van der Waals surface area (Å²) in [6, 6.07) is 8.86. The highest BCUT2D eigenvalue weighted by Crippen LogP contribution is 2.24. The molecule has 3 heterocycles. The highest BCUT2D eigenvalue weighted by atomic mass is 35.5. The summed E-state index contributed by atoms with van der Waals surface area (Å²) in [6.07, 6.45) is 0. The Morgan fingerprint density at radius 1 is 1.19 bits per heavy atom. The van der Waals surface area contributed by atoms with E-state index in [9.17, 15) is 4.79 Å². The summed E-state index contributed by atoms with van der Waals surface area (Å²) in [6.45, 7) is 3.26. The molecule has 0 aliphatic carbocycles. The average molecular weight is 423 g/mol. The molecule has 2 aromatic heterocycles. The normalized spacial score (nSPS) is 15.3. The van der Waals surface area contributed by atoms with Gasteiger partial charge in [-0.05, 0) is 29.6 Å². The number of hydrogen-bond donors (Lipinski definition) is 0. The highest BCUT2D eigenvalue weighted by molar-refractivity contribution is 7.13. The first kappa shape index (κ1) is 18.4. The lowest BCUT2D eigenvalue weighted by Crippen LogP contribution is -2.48. The molecule has 0 spiro atoms. The zero-order valence-corrected chi connectivity index (χ0v) is 16.6. The van der Waals surface area contributed by atoms with Gasteiger partial charge in [0.15, 0.2) is 0 Å². The molecule has 1 fully saturated rings. The minimum absolute atomic E-state index is 0.0749. The van der Waals surface area contributed by atoms with Crippen molar-refractivity contribution in [2.24, 2.45) is 0 Å². The number of piperazine rings is 1. The van der Waals surface area contributed by atoms with Crippen LogP contribution >= 0.6 is 34.5 Å². The molecular formula is C18H16Cl2N4O2S. The fourth-order valence-electron chi connectivity index (χ4n) is 2.96. The number of rotatable bonds is 4. The number of carbonyl (C=O) groups is 1. The second kappa shape index (κ2) is 7.98. The highest BCUT2D eigenvalue weighted by Gasteiger charge is 2.24. The summed E-state index contributed by atoms with van der Waals surface area (Å²) >= 11 is 13.6. The van der Waals surface area contributed by atoms with E-state index in [1.807, 2.05) is 17.5 Å². The zero-order chi connectivity index (χ0) is 18.8. The molecule has 0 atom stereocenters. The molecule has 1 aliphatic heterocycles. The van der Waals surface area contributed by atoms with Crippen LogP contribution in [0.4, 0.5) is 0 Å². The van der Waals surface area contributed by atoms with Crippen LogP contribution in [-0.4, -0.2) is 52.0 Å². The van der Waals surface area contributed by atoms with E-state index in [1.165, 1.54) is 0 Å². The fourth-order valence-corrected chi connectivity index (χ4v) is 4.10. The van der Waals surface area contributed by atoms with Crippen molar-refractivity contribution in [2.45, 2.75) is 6.54 Å². The smallest absolute Gasteiger partial charge is 0.255 e. The maximum absolute atomic E-state index is 12.7. The third-order valence-electron chi connectivity index (χ3n) is 4.39. The lowest BCUT2D eigenvalue weighted by molar-refractivity contribution is 0.0615. The van der Waals surface area contributed by atoms with Gasteiger partial charge < -0.3 is 9.42 Å². The van der Waals surface area contributed by atoms with E-state index in [1.54, 1.807) is 34.4 Å². The van der Waals surface area contributed by atoms with Crippen LogP contribution in [0.3, 0.4) is 0 Å². The molecular weight excluding hydrogens is 407 g/mol. The Labute approximate surface area is 170 Å². The molecule has 6 nitrogen and oxygen atoms in total. The molecule has 1 aromatic carbocycles. The number of thiophene rings is 1. The van der Waals surface area contributed by atoms with Crippen molar-refractivity contribution in [2.75, 3.05) is 26.2 Å². The van der Waals surface area contributed by atoms with Gasteiger partial charge in [0, 0.05) is 31.2 Å². The first-order valence-corrected chi connectivity index (χ1v) is 10.1. The van der Waals surface area contributed by atoms with Gasteiger partial charge in [0.25, 0.3) is 5.91 Å². The largest absolute Gasteiger partial charge is 0.338 e. The van der Waals surface area contributed by atoms with E-state index >= 15 is 0 Å². The minimum Gasteiger partial charge on any atom is -0.338 e. The van der Waals surface area contributed by atoms with Crippen LogP contribution < -0.4 is 0 Å². The molecule has 1 saturated heterocycles. The van der Waals surface area contributed by atoms with Gasteiger partial charge in [-0.2, -0.15) is 4.98 Å². The van der Waals surface area contributed by atoms with Gasteiger partial charge in [0.2, 0.25) is 11.7 Å². The molecule has 9 heteroatoms. The average Bonchev–Trinajstić information content (AvgIpc) is 3.33. The number of amides is 1. The summed E-state index contributed by atoms with van der Waals surface area (Å²) in [5.41, 5.74) is 0.479. The maximum atomic E-state index is 12.7. The van der Waals surface area contributed by atoms with Crippen molar-refractivity contribution in [3.05, 3.63) is 57.2 Å². The van der Waals surface area contributed by atoms with Gasteiger partial charge >= 0.3 is 0 Å². The number of benzene rings is 1. The molecule has 3 aromatic rings. The van der Waals surface area contributed by atoms with E-state index in [2.05, 4.69) is 15.0 Å². The predicted molar refractivity (Wildman–Crippen MR) is 105 cm³/mol. The molecule has 0 unspecified atom stereocenters. The number of aromatic nitrogens is 2. The lowest BCUT2D eigenvalue weighted by atomic mass is 10.2. The van der Waals surface area contributed by atoms with E-state index in [0.717, 1.165) is 18.0 Å². The Bertz CT molecular complexity index is 937. The Morgan fingerprint density at radius 2 is 2.00 bits per heavy atom. The van der Waals surface area contributed by atoms with Crippen molar-refractivity contribution in [3.63, 3.8) is 0 Å². The molecule has 0 saturated carbocycles. The van der Waals surface area contributed by atoms with Crippen molar-refractivity contribution >= 4 is 40.4 Å². The molecule has 1 aliphatic rings. The Kier molecular flexibility index (Phi) is 5.45. The number of carbonyl (C=O) groups excluding carboxylic acids is 1. The van der Waals surface area contributed by atoms with Gasteiger partial charge in [0.1, 0.15) is 0 Å². The second-order valence-corrected chi connectivity index (χ2v) is 7.97. The summed E-state index contributed by atoms with van der Waals surface area (Å²) in [5, 5.41) is 6.91. The van der Waals surface area contributed by atoms with Gasteiger partial charge in [-0.1, -0.05) is 34.4 Å². The number of nitrogens with zero attached hydrogens (tertiary/aromatic N) is 4. The van der Waals surface area contributed by atoms with Crippen LogP contribution in [0.25, 0.3) is 10.7 Å². The lowest BCUT2D eigenvalue weighted by Gasteiger charge is -2.34. The van der Waals surface area contributed by atoms with Gasteiger partial charge in [-0.3, -0.25) is 9.69 Å². The predicted octanol–water partition coefficient (Wildman–Crippen LogP) is 4.06. The van der Waals surface area contributed by atoms with E-state index in [-0.39, 0.29) is 5.91 Å². The second-order valence-electron chi connectivity index (χ2n) is 6.18. The van der Waals surface area contributed by atoms with Crippen LogP contribution in [0.15, 0.2) is 40.2 Å². The van der Waals surface area contributed by atoms with Crippen molar-refractivity contribution in [3.8, 4) is 10.7 Å². The minimum atomic E-state index is -0.0749. The molecule has 0 bridgehead atoms. The monoisotopic (exact) mass is 422 g/mol. The van der Waals surface area contributed by atoms with Gasteiger partial charge in [0.05, 0.1) is 22.0 Å². The molecule has 140 valence electrons. The van der Waals surface area contributed by atoms with Gasteiger partial charge in [-0.15, -0.1) is 11.3 Å². The molecule has 0 radical (unpaired) electrons. The Hall–Kier alpha value is -1.93. The van der Waals surface area contributed by atoms with E-state index in [0.29, 0.717) is 47.0 Å². The molecule has 0 N–H and O–H groups in total. The fraction of sp³-hybridized carbons (Fsp3) is 0.278. The van der Waals surface area contributed by atoms with Crippen molar-refractivity contribution < 1.29 is 9.32 Å². The molecule has 1 amide bonds. The molecule has 27 heavy (non-hydrogen) atoms. The zero-order valence-electron chi connectivity index (χ0n) is 14.3. The van der Waals surface area contributed by atoms with Crippen LogP contribution in [0, 0.1) is 0 Å². The Balaban J connectivity index is 1.34. The quantitative estimate of drug-likeness (QED) is 0.633. The van der Waals surface area contributed by atoms with Crippen molar-refractivity contribution in [1.29, 1.82) is 0 Å². The first-order chi connectivity index (χ1) is 13.1. The maximum Gasteiger partial charge on any atom is 0.255 e. The summed E-state index contributed by atoms with van der Waals surface area (Å²) in [7, 11) is 0. The third-order valence-corrected chi connectivity index (χ3v) is 5.80.